The molecule has 0 spiro atoms. The molecule has 0 radical (unpaired) electrons. The number of aromatic nitrogens is 2. The van der Waals surface area contributed by atoms with Crippen molar-refractivity contribution >= 4 is 12.1 Å². The van der Waals surface area contributed by atoms with Gasteiger partial charge in [0.25, 0.3) is 0 Å². The smallest absolute Gasteiger partial charge is 0.408 e. The molecular formula is C13H21N3O4. The lowest BCUT2D eigenvalue weighted by molar-refractivity contribution is -0.143. The molecule has 7 heteroatoms. The van der Waals surface area contributed by atoms with E-state index >= 15 is 0 Å². The summed E-state index contributed by atoms with van der Waals surface area (Å²) in [5.74, 6) is -0.681. The summed E-state index contributed by atoms with van der Waals surface area (Å²) in [5.41, 5.74) is -0.388. The lowest BCUT2D eigenvalue weighted by Crippen LogP contribution is -2.45. The van der Waals surface area contributed by atoms with Crippen LogP contribution in [0.1, 0.15) is 30.6 Å². The van der Waals surface area contributed by atoms with Crippen molar-refractivity contribution in [3.05, 3.63) is 18.0 Å². The molecule has 112 valence electrons. The SMILES string of the molecule is [2H]C([2H])([2H])n1ccc(CC(NC(=O)OC(C)(C)C)C(=O)OC)n1. The minimum atomic E-state index is -2.41. The van der Waals surface area contributed by atoms with E-state index < -0.39 is 30.7 Å². The Morgan fingerprint density at radius 3 is 2.75 bits per heavy atom. The molecule has 0 aliphatic heterocycles. The molecule has 0 bridgehead atoms. The lowest BCUT2D eigenvalue weighted by atomic mass is 10.1. The highest BCUT2D eigenvalue weighted by Gasteiger charge is 2.25. The predicted octanol–water partition coefficient (Wildman–Crippen LogP) is 1.03. The highest BCUT2D eigenvalue weighted by Crippen LogP contribution is 2.08. The zero-order valence-corrected chi connectivity index (χ0v) is 12.0. The second kappa shape index (κ2) is 6.40. The summed E-state index contributed by atoms with van der Waals surface area (Å²) in [6.07, 6.45) is 0.488. The normalized spacial score (nSPS) is 15.5. The van der Waals surface area contributed by atoms with Gasteiger partial charge in [-0.15, -0.1) is 0 Å². The second-order valence-electron chi connectivity index (χ2n) is 5.18. The lowest BCUT2D eigenvalue weighted by Gasteiger charge is -2.22. The van der Waals surface area contributed by atoms with Crippen LogP contribution in [0.25, 0.3) is 0 Å². The second-order valence-corrected chi connectivity index (χ2v) is 5.18. The standard InChI is InChI=1S/C13H21N3O4/c1-13(2,3)20-12(18)14-10(11(17)19-5)8-9-6-7-16(4)15-9/h6-7,10H,8H2,1-5H3,(H,14,18)/i4D3. The highest BCUT2D eigenvalue weighted by atomic mass is 16.6. The van der Waals surface area contributed by atoms with Crippen molar-refractivity contribution in [2.45, 2.75) is 38.8 Å². The fraction of sp³-hybridized carbons (Fsp3) is 0.615. The molecule has 1 atom stereocenters. The molecule has 0 saturated carbocycles. The molecule has 0 saturated heterocycles. The van der Waals surface area contributed by atoms with E-state index in [-0.39, 0.29) is 6.42 Å². The first-order chi connectivity index (χ1) is 10.4. The van der Waals surface area contributed by atoms with Crippen LogP contribution in [0.2, 0.25) is 0 Å². The molecular weight excluding hydrogens is 262 g/mol. The van der Waals surface area contributed by atoms with E-state index in [4.69, 9.17) is 8.85 Å². The molecule has 7 nitrogen and oxygen atoms in total. The molecule has 1 rings (SSSR count). The van der Waals surface area contributed by atoms with Crippen LogP contribution in [0.15, 0.2) is 12.3 Å². The third kappa shape index (κ3) is 5.29. The molecule has 1 heterocycles. The van der Waals surface area contributed by atoms with Gasteiger partial charge in [-0.1, -0.05) is 0 Å². The van der Waals surface area contributed by atoms with Gasteiger partial charge in [0.2, 0.25) is 0 Å². The van der Waals surface area contributed by atoms with Gasteiger partial charge in [0.15, 0.2) is 0 Å². The maximum absolute atomic E-state index is 11.8. The minimum absolute atomic E-state index is 0.0189. The van der Waals surface area contributed by atoms with Gasteiger partial charge in [0.05, 0.1) is 12.8 Å². The molecule has 20 heavy (non-hydrogen) atoms. The van der Waals surface area contributed by atoms with Crippen molar-refractivity contribution < 1.29 is 23.2 Å². The maximum Gasteiger partial charge on any atom is 0.408 e. The summed E-state index contributed by atoms with van der Waals surface area (Å²) < 4.78 is 32.3. The van der Waals surface area contributed by atoms with E-state index in [0.29, 0.717) is 5.69 Å². The third-order valence-electron chi connectivity index (χ3n) is 2.23. The van der Waals surface area contributed by atoms with E-state index in [1.165, 1.54) is 19.4 Å². The Morgan fingerprint density at radius 1 is 1.55 bits per heavy atom. The van der Waals surface area contributed by atoms with E-state index in [9.17, 15) is 9.59 Å². The summed E-state index contributed by atoms with van der Waals surface area (Å²) >= 11 is 0. The monoisotopic (exact) mass is 286 g/mol. The minimum Gasteiger partial charge on any atom is -0.467 e. The number of nitrogens with zero attached hydrogens (tertiary/aromatic N) is 2. The van der Waals surface area contributed by atoms with Crippen molar-refractivity contribution in [1.82, 2.24) is 15.1 Å². The molecule has 0 aliphatic carbocycles. The summed E-state index contributed by atoms with van der Waals surface area (Å²) in [4.78, 5) is 23.6. The van der Waals surface area contributed by atoms with Crippen LogP contribution < -0.4 is 5.32 Å². The Kier molecular flexibility index (Phi) is 3.76. The molecule has 0 fully saturated rings. The van der Waals surface area contributed by atoms with Gasteiger partial charge in [0, 0.05) is 23.7 Å². The van der Waals surface area contributed by atoms with E-state index in [0.717, 1.165) is 4.68 Å². The zero-order chi connectivity index (χ0) is 17.8. The zero-order valence-electron chi connectivity index (χ0n) is 15.0. The van der Waals surface area contributed by atoms with Crippen LogP contribution in [0, 0.1) is 0 Å². The number of ether oxygens (including phenoxy) is 2. The predicted molar refractivity (Wildman–Crippen MR) is 72.1 cm³/mol. The Morgan fingerprint density at radius 2 is 2.25 bits per heavy atom. The Balaban J connectivity index is 2.81. The topological polar surface area (TPSA) is 82.5 Å². The Labute approximate surface area is 122 Å². The molecule has 1 amide bonds. The van der Waals surface area contributed by atoms with Gasteiger partial charge in [-0.3, -0.25) is 4.68 Å². The van der Waals surface area contributed by atoms with Gasteiger partial charge >= 0.3 is 12.1 Å². The first-order valence-corrected chi connectivity index (χ1v) is 6.05. The fourth-order valence-corrected chi connectivity index (χ4v) is 1.47. The van der Waals surface area contributed by atoms with E-state index in [1.807, 2.05) is 0 Å². The van der Waals surface area contributed by atoms with Gasteiger partial charge < -0.3 is 14.8 Å². The molecule has 1 unspecified atom stereocenters. The van der Waals surface area contributed by atoms with Gasteiger partial charge in [-0.2, -0.15) is 5.10 Å². The van der Waals surface area contributed by atoms with Crippen molar-refractivity contribution in [1.29, 1.82) is 0 Å². The van der Waals surface area contributed by atoms with Crippen LogP contribution in [-0.4, -0.2) is 40.6 Å². The maximum atomic E-state index is 11.8. The fourth-order valence-electron chi connectivity index (χ4n) is 1.47. The number of rotatable bonds is 4. The van der Waals surface area contributed by atoms with Crippen LogP contribution >= 0.6 is 0 Å². The number of esters is 1. The number of carbonyl (C=O) groups is 2. The number of alkyl carbamates (subject to hydrolysis) is 1. The number of amides is 1. The third-order valence-corrected chi connectivity index (χ3v) is 2.23. The summed E-state index contributed by atoms with van der Waals surface area (Å²) in [7, 11) is 1.19. The molecule has 0 aliphatic rings. The van der Waals surface area contributed by atoms with Crippen LogP contribution in [0.3, 0.4) is 0 Å². The van der Waals surface area contributed by atoms with E-state index in [1.54, 1.807) is 20.8 Å². The van der Waals surface area contributed by atoms with Gasteiger partial charge in [-0.05, 0) is 26.8 Å². The van der Waals surface area contributed by atoms with Crippen molar-refractivity contribution in [2.24, 2.45) is 6.98 Å². The summed E-state index contributed by atoms with van der Waals surface area (Å²) in [5, 5.41) is 6.27. The number of hydrogen-bond acceptors (Lipinski definition) is 5. The number of nitrogens with one attached hydrogen (secondary N) is 1. The number of hydrogen-bond donors (Lipinski definition) is 1. The van der Waals surface area contributed by atoms with Crippen LogP contribution in [0.4, 0.5) is 4.79 Å². The molecule has 0 aromatic carbocycles. The van der Waals surface area contributed by atoms with Crippen LogP contribution in [-0.2, 0) is 27.7 Å². The Hall–Kier alpha value is -2.05. The average molecular weight is 286 g/mol. The number of carbonyl (C=O) groups excluding carboxylic acids is 2. The average Bonchev–Trinajstić information content (AvgIpc) is 2.83. The van der Waals surface area contributed by atoms with Gasteiger partial charge in [-0.25, -0.2) is 9.59 Å². The number of aryl methyl sites for hydroxylation is 1. The van der Waals surface area contributed by atoms with Crippen molar-refractivity contribution in [2.75, 3.05) is 7.11 Å². The summed E-state index contributed by atoms with van der Waals surface area (Å²) in [6.45, 7) is 2.67. The van der Waals surface area contributed by atoms with Crippen molar-refractivity contribution in [3.63, 3.8) is 0 Å². The number of methoxy groups -OCH3 is 1. The molecule has 1 aromatic rings. The highest BCUT2D eigenvalue weighted by molar-refractivity contribution is 5.81. The molecule has 1 N–H and O–H groups in total. The molecule has 1 aromatic heterocycles. The quantitative estimate of drug-likeness (QED) is 0.836. The Bertz CT molecular complexity index is 564. The first-order valence-electron chi connectivity index (χ1n) is 7.55. The van der Waals surface area contributed by atoms with Crippen molar-refractivity contribution in [3.8, 4) is 0 Å². The van der Waals surface area contributed by atoms with E-state index in [2.05, 4.69) is 15.2 Å². The largest absolute Gasteiger partial charge is 0.467 e. The van der Waals surface area contributed by atoms with Crippen LogP contribution in [0.5, 0.6) is 0 Å². The van der Waals surface area contributed by atoms with Gasteiger partial charge in [0.1, 0.15) is 11.6 Å². The summed E-state index contributed by atoms with van der Waals surface area (Å²) in [6, 6.07) is 0.425. The first kappa shape index (κ1) is 11.7.